The van der Waals surface area contributed by atoms with Gasteiger partial charge in [-0.1, -0.05) is 38.8 Å². The molecule has 4 heteroatoms. The molecule has 0 aromatic carbocycles. The van der Waals surface area contributed by atoms with Gasteiger partial charge in [-0.25, -0.2) is 9.18 Å². The van der Waals surface area contributed by atoms with Crippen LogP contribution < -0.4 is 0 Å². The first-order valence-electron chi connectivity index (χ1n) is 5.90. The first kappa shape index (κ1) is 13.8. The molecule has 1 aliphatic rings. The van der Waals surface area contributed by atoms with Crippen LogP contribution in [0, 0.1) is 17.8 Å². The van der Waals surface area contributed by atoms with Gasteiger partial charge in [0.15, 0.2) is 0 Å². The molecule has 0 saturated heterocycles. The topological polar surface area (TPSA) is 26.3 Å². The molecule has 1 fully saturated rings. The molecule has 0 aromatic rings. The average Bonchev–Trinajstić information content (AvgIpc) is 2.16. The zero-order valence-electron chi connectivity index (χ0n) is 10.1. The normalized spacial score (nSPS) is 32.5. The van der Waals surface area contributed by atoms with E-state index >= 15 is 0 Å². The summed E-state index contributed by atoms with van der Waals surface area (Å²) in [5.41, 5.74) is -2.04. The van der Waals surface area contributed by atoms with E-state index in [1.165, 1.54) is 0 Å². The molecule has 2 nitrogen and oxygen atoms in total. The van der Waals surface area contributed by atoms with Gasteiger partial charge in [0.05, 0.1) is 0 Å². The van der Waals surface area contributed by atoms with E-state index in [2.05, 4.69) is 20.8 Å². The number of hydrogen-bond donors (Lipinski definition) is 0. The molecule has 16 heavy (non-hydrogen) atoms. The lowest BCUT2D eigenvalue weighted by atomic mass is 9.75. The molecule has 4 atom stereocenters. The summed E-state index contributed by atoms with van der Waals surface area (Å²) in [6.45, 7) is 6.34. The average molecular weight is 251 g/mol. The summed E-state index contributed by atoms with van der Waals surface area (Å²) < 4.78 is 17.7. The second kappa shape index (κ2) is 5.85. The summed E-state index contributed by atoms with van der Waals surface area (Å²) in [6.07, 6.45) is 2.83. The van der Waals surface area contributed by atoms with Crippen LogP contribution in [0.3, 0.4) is 0 Å². The van der Waals surface area contributed by atoms with Gasteiger partial charge in [-0.15, -0.1) is 0 Å². The van der Waals surface area contributed by atoms with Crippen molar-refractivity contribution in [1.82, 2.24) is 0 Å². The SMILES string of the molecule is CC(C)[C@H]1CC[C@@H](C)C[C@@H]1OC(=O)[C@@H](F)Cl. The molecule has 1 rings (SSSR count). The van der Waals surface area contributed by atoms with Crippen molar-refractivity contribution in [3.63, 3.8) is 0 Å². The van der Waals surface area contributed by atoms with Crippen LogP contribution >= 0.6 is 11.6 Å². The maximum Gasteiger partial charge on any atom is 0.356 e. The molecule has 0 aromatic heterocycles. The van der Waals surface area contributed by atoms with Crippen molar-refractivity contribution in [1.29, 1.82) is 0 Å². The minimum Gasteiger partial charge on any atom is -0.459 e. The minimum absolute atomic E-state index is 0.173. The van der Waals surface area contributed by atoms with Crippen LogP contribution in [0.4, 0.5) is 4.39 Å². The van der Waals surface area contributed by atoms with Gasteiger partial charge < -0.3 is 4.74 Å². The molecule has 0 amide bonds. The van der Waals surface area contributed by atoms with E-state index < -0.39 is 11.6 Å². The van der Waals surface area contributed by atoms with Crippen molar-refractivity contribution in [3.8, 4) is 0 Å². The Bertz CT molecular complexity index is 243. The van der Waals surface area contributed by atoms with Gasteiger partial charge in [-0.05, 0) is 30.6 Å². The Morgan fingerprint density at radius 2 is 2.06 bits per heavy atom. The highest BCUT2D eigenvalue weighted by atomic mass is 35.5. The molecule has 1 saturated carbocycles. The Morgan fingerprint density at radius 3 is 2.56 bits per heavy atom. The van der Waals surface area contributed by atoms with Gasteiger partial charge in [0.2, 0.25) is 0 Å². The van der Waals surface area contributed by atoms with Gasteiger partial charge in [-0.2, -0.15) is 0 Å². The summed E-state index contributed by atoms with van der Waals surface area (Å²) in [5.74, 6) is 0.363. The fourth-order valence-electron chi connectivity index (χ4n) is 2.45. The Hall–Kier alpha value is -0.310. The second-order valence-corrected chi connectivity index (χ2v) is 5.49. The van der Waals surface area contributed by atoms with Crippen LogP contribution in [-0.2, 0) is 9.53 Å². The third-order valence-electron chi connectivity index (χ3n) is 3.41. The molecule has 0 bridgehead atoms. The maximum absolute atomic E-state index is 12.6. The number of carbonyl (C=O) groups is 1. The van der Waals surface area contributed by atoms with E-state index in [0.29, 0.717) is 17.8 Å². The van der Waals surface area contributed by atoms with E-state index in [1.54, 1.807) is 0 Å². The van der Waals surface area contributed by atoms with E-state index in [9.17, 15) is 9.18 Å². The van der Waals surface area contributed by atoms with Crippen LogP contribution in [0.15, 0.2) is 0 Å². The summed E-state index contributed by atoms with van der Waals surface area (Å²) >= 11 is 5.07. The first-order valence-corrected chi connectivity index (χ1v) is 6.34. The van der Waals surface area contributed by atoms with Crippen LogP contribution in [0.25, 0.3) is 0 Å². The smallest absolute Gasteiger partial charge is 0.356 e. The van der Waals surface area contributed by atoms with E-state index in [0.717, 1.165) is 19.3 Å². The lowest BCUT2D eigenvalue weighted by Crippen LogP contribution is -2.37. The fourth-order valence-corrected chi connectivity index (χ4v) is 2.50. The summed E-state index contributed by atoms with van der Waals surface area (Å²) in [7, 11) is 0. The number of halogens is 2. The van der Waals surface area contributed by atoms with Crippen LogP contribution in [0.5, 0.6) is 0 Å². The predicted octanol–water partition coefficient (Wildman–Crippen LogP) is 3.52. The fraction of sp³-hybridized carbons (Fsp3) is 0.917. The number of rotatable bonds is 3. The monoisotopic (exact) mass is 250 g/mol. The third kappa shape index (κ3) is 3.62. The minimum atomic E-state index is -2.04. The molecule has 0 spiro atoms. The number of carbonyl (C=O) groups excluding carboxylic acids is 1. The van der Waals surface area contributed by atoms with Gasteiger partial charge in [-0.3, -0.25) is 0 Å². The Labute approximate surface area is 101 Å². The van der Waals surface area contributed by atoms with Crippen LogP contribution in [0.1, 0.15) is 40.0 Å². The van der Waals surface area contributed by atoms with Crippen molar-refractivity contribution in [3.05, 3.63) is 0 Å². The Kier molecular flexibility index (Phi) is 5.03. The largest absolute Gasteiger partial charge is 0.459 e. The summed E-state index contributed by atoms with van der Waals surface area (Å²) in [4.78, 5) is 11.2. The highest BCUT2D eigenvalue weighted by molar-refractivity contribution is 6.28. The summed E-state index contributed by atoms with van der Waals surface area (Å²) in [5, 5.41) is 0. The van der Waals surface area contributed by atoms with Gasteiger partial charge in [0.25, 0.3) is 5.63 Å². The summed E-state index contributed by atoms with van der Waals surface area (Å²) in [6, 6.07) is 0. The zero-order chi connectivity index (χ0) is 12.3. The molecule has 94 valence electrons. The number of hydrogen-bond acceptors (Lipinski definition) is 2. The van der Waals surface area contributed by atoms with E-state index in [4.69, 9.17) is 16.3 Å². The molecule has 0 radical (unpaired) electrons. The molecule has 0 heterocycles. The molecule has 0 aliphatic heterocycles. The molecule has 0 unspecified atom stereocenters. The standard InChI is InChI=1S/C12H20ClFO2/c1-7(2)9-5-4-8(3)6-10(9)16-12(15)11(13)14/h7-11H,4-6H2,1-3H3/t8-,9-,10+,11-/m1/s1. The third-order valence-corrected chi connectivity index (χ3v) is 3.59. The van der Waals surface area contributed by atoms with Crippen molar-refractivity contribution >= 4 is 17.6 Å². The Balaban J connectivity index is 2.61. The lowest BCUT2D eigenvalue weighted by molar-refractivity contribution is -0.158. The number of esters is 1. The quantitative estimate of drug-likeness (QED) is 0.566. The predicted molar refractivity (Wildman–Crippen MR) is 62.0 cm³/mol. The van der Waals surface area contributed by atoms with Gasteiger partial charge in [0, 0.05) is 0 Å². The maximum atomic E-state index is 12.6. The van der Waals surface area contributed by atoms with Gasteiger partial charge >= 0.3 is 5.97 Å². The highest BCUT2D eigenvalue weighted by Gasteiger charge is 2.34. The molecular weight excluding hydrogens is 231 g/mol. The first-order chi connectivity index (χ1) is 7.41. The molecule has 1 aliphatic carbocycles. The van der Waals surface area contributed by atoms with E-state index in [1.807, 2.05) is 0 Å². The van der Waals surface area contributed by atoms with E-state index in [-0.39, 0.29) is 6.10 Å². The number of ether oxygens (including phenoxy) is 1. The number of alkyl halides is 2. The Morgan fingerprint density at radius 1 is 1.44 bits per heavy atom. The molecular formula is C12H20ClFO2. The van der Waals surface area contributed by atoms with Crippen molar-refractivity contribution < 1.29 is 13.9 Å². The van der Waals surface area contributed by atoms with Crippen molar-refractivity contribution in [2.75, 3.05) is 0 Å². The van der Waals surface area contributed by atoms with Crippen LogP contribution in [-0.4, -0.2) is 17.7 Å². The highest BCUT2D eigenvalue weighted by Crippen LogP contribution is 2.35. The van der Waals surface area contributed by atoms with Crippen molar-refractivity contribution in [2.45, 2.75) is 51.8 Å². The van der Waals surface area contributed by atoms with Crippen LogP contribution in [0.2, 0.25) is 0 Å². The van der Waals surface area contributed by atoms with Crippen molar-refractivity contribution in [2.24, 2.45) is 17.8 Å². The second-order valence-electron chi connectivity index (χ2n) is 5.10. The zero-order valence-corrected chi connectivity index (χ0v) is 10.8. The lowest BCUT2D eigenvalue weighted by Gasteiger charge is -2.36. The van der Waals surface area contributed by atoms with Gasteiger partial charge in [0.1, 0.15) is 6.10 Å². The molecule has 0 N–H and O–H groups in total.